The maximum absolute atomic E-state index is 12.0. The predicted molar refractivity (Wildman–Crippen MR) is 82.1 cm³/mol. The molecule has 8 heteroatoms. The normalized spacial score (nSPS) is 16.0. The molecule has 1 aromatic rings. The van der Waals surface area contributed by atoms with Crippen LogP contribution in [-0.2, 0) is 4.74 Å². The molecule has 0 radical (unpaired) electrons. The highest BCUT2D eigenvalue weighted by Crippen LogP contribution is 2.26. The maximum atomic E-state index is 12.0. The average Bonchev–Trinajstić information content (AvgIpc) is 2.40. The molecule has 0 saturated carbocycles. The molecular weight excluding hydrogens is 315 g/mol. The third kappa shape index (κ3) is 4.35. The highest BCUT2D eigenvalue weighted by molar-refractivity contribution is 6.33. The van der Waals surface area contributed by atoms with Crippen molar-refractivity contribution in [3.8, 4) is 0 Å². The second kappa shape index (κ2) is 6.23. The summed E-state index contributed by atoms with van der Waals surface area (Å²) in [6.45, 7) is 7.96. The molecule has 0 bridgehead atoms. The molecule has 0 unspecified atom stereocenters. The van der Waals surface area contributed by atoms with E-state index in [1.54, 1.807) is 11.0 Å². The third-order valence-corrected chi connectivity index (χ3v) is 3.43. The van der Waals surface area contributed by atoms with Gasteiger partial charge in [0.2, 0.25) is 0 Å². The van der Waals surface area contributed by atoms with E-state index in [1.807, 2.05) is 25.7 Å². The molecule has 1 saturated heterocycles. The number of carbonyl (C=O) groups excluding carboxylic acids is 1. The van der Waals surface area contributed by atoms with Crippen LogP contribution in [0, 0.1) is 0 Å². The number of rotatable bonds is 1. The average molecular weight is 333 g/mol. The molecule has 116 valence electrons. The fourth-order valence-electron chi connectivity index (χ4n) is 2.02. The number of halogens is 2. The molecule has 1 aliphatic rings. The van der Waals surface area contributed by atoms with Crippen molar-refractivity contribution in [1.82, 2.24) is 15.1 Å². The van der Waals surface area contributed by atoms with Crippen LogP contribution in [0.3, 0.4) is 0 Å². The van der Waals surface area contributed by atoms with E-state index in [4.69, 9.17) is 27.9 Å². The summed E-state index contributed by atoms with van der Waals surface area (Å²) in [6.07, 6.45) is -0.292. The molecule has 1 aliphatic heterocycles. The second-order valence-electron chi connectivity index (χ2n) is 5.80. The monoisotopic (exact) mass is 332 g/mol. The summed E-state index contributed by atoms with van der Waals surface area (Å²) in [5.74, 6) is 0. The van der Waals surface area contributed by atoms with Gasteiger partial charge in [-0.15, -0.1) is 10.2 Å². The van der Waals surface area contributed by atoms with Gasteiger partial charge in [-0.1, -0.05) is 23.2 Å². The van der Waals surface area contributed by atoms with Gasteiger partial charge in [-0.2, -0.15) is 0 Å². The molecule has 21 heavy (non-hydrogen) atoms. The molecule has 6 nitrogen and oxygen atoms in total. The van der Waals surface area contributed by atoms with E-state index >= 15 is 0 Å². The third-order valence-electron chi connectivity index (χ3n) is 2.97. The Kier molecular flexibility index (Phi) is 4.78. The van der Waals surface area contributed by atoms with Crippen LogP contribution in [0.25, 0.3) is 0 Å². The van der Waals surface area contributed by atoms with Gasteiger partial charge in [0.25, 0.3) is 0 Å². The van der Waals surface area contributed by atoms with Crippen molar-refractivity contribution in [3.05, 3.63) is 16.4 Å². The number of nitrogens with zero attached hydrogens (tertiary/aromatic N) is 4. The standard InChI is InChI=1S/C13H18Cl2N4O2/c1-13(2,3)21-12(20)19-6-4-18(5-7-19)9-8-10(14)16-17-11(9)15/h8H,4-7H2,1-3H3. The van der Waals surface area contributed by atoms with E-state index in [0.717, 1.165) is 5.69 Å². The number of amides is 1. The number of hydrogen-bond acceptors (Lipinski definition) is 5. The molecule has 1 fully saturated rings. The summed E-state index contributed by atoms with van der Waals surface area (Å²) < 4.78 is 5.36. The van der Waals surface area contributed by atoms with Crippen LogP contribution in [0.15, 0.2) is 6.07 Å². The van der Waals surface area contributed by atoms with Gasteiger partial charge in [0.05, 0.1) is 5.69 Å². The lowest BCUT2D eigenvalue weighted by atomic mass is 10.2. The number of anilines is 1. The van der Waals surface area contributed by atoms with Crippen LogP contribution in [0.5, 0.6) is 0 Å². The number of hydrogen-bond donors (Lipinski definition) is 0. The largest absolute Gasteiger partial charge is 0.444 e. The van der Waals surface area contributed by atoms with Gasteiger partial charge in [-0.3, -0.25) is 0 Å². The zero-order chi connectivity index (χ0) is 15.6. The Morgan fingerprint density at radius 2 is 1.81 bits per heavy atom. The summed E-state index contributed by atoms with van der Waals surface area (Å²) in [7, 11) is 0. The van der Waals surface area contributed by atoms with Gasteiger partial charge < -0.3 is 14.5 Å². The second-order valence-corrected chi connectivity index (χ2v) is 6.54. The van der Waals surface area contributed by atoms with E-state index in [2.05, 4.69) is 10.2 Å². The van der Waals surface area contributed by atoms with Crippen LogP contribution < -0.4 is 4.90 Å². The predicted octanol–water partition coefficient (Wildman–Crippen LogP) is 2.84. The zero-order valence-corrected chi connectivity index (χ0v) is 13.8. The molecular formula is C13H18Cl2N4O2. The smallest absolute Gasteiger partial charge is 0.410 e. The molecule has 0 atom stereocenters. The lowest BCUT2D eigenvalue weighted by Crippen LogP contribution is -2.50. The molecule has 0 spiro atoms. The van der Waals surface area contributed by atoms with E-state index < -0.39 is 5.60 Å². The van der Waals surface area contributed by atoms with Crippen molar-refractivity contribution in [2.45, 2.75) is 26.4 Å². The summed E-state index contributed by atoms with van der Waals surface area (Å²) in [4.78, 5) is 15.7. The Morgan fingerprint density at radius 3 is 2.38 bits per heavy atom. The molecule has 0 aromatic carbocycles. The zero-order valence-electron chi connectivity index (χ0n) is 12.3. The van der Waals surface area contributed by atoms with Crippen molar-refractivity contribution in [3.63, 3.8) is 0 Å². The first kappa shape index (κ1) is 16.1. The fourth-order valence-corrected chi connectivity index (χ4v) is 2.38. The SMILES string of the molecule is CC(C)(C)OC(=O)N1CCN(c2cc(Cl)nnc2Cl)CC1. The van der Waals surface area contributed by atoms with Gasteiger partial charge in [-0.25, -0.2) is 4.79 Å². The summed E-state index contributed by atoms with van der Waals surface area (Å²) >= 11 is 11.9. The lowest BCUT2D eigenvalue weighted by molar-refractivity contribution is 0.0240. The Bertz CT molecular complexity index is 525. The Balaban J connectivity index is 1.97. The van der Waals surface area contributed by atoms with Gasteiger partial charge in [0.15, 0.2) is 10.3 Å². The van der Waals surface area contributed by atoms with Crippen LogP contribution >= 0.6 is 23.2 Å². The minimum Gasteiger partial charge on any atom is -0.444 e. The van der Waals surface area contributed by atoms with Gasteiger partial charge in [-0.05, 0) is 20.8 Å². The minimum atomic E-state index is -0.486. The first-order chi connectivity index (χ1) is 9.76. The molecule has 0 N–H and O–H groups in total. The number of aromatic nitrogens is 2. The molecule has 1 amide bonds. The molecule has 1 aromatic heterocycles. The molecule has 0 aliphatic carbocycles. The molecule has 2 heterocycles. The minimum absolute atomic E-state index is 0.292. The first-order valence-electron chi connectivity index (χ1n) is 6.68. The number of piperazine rings is 1. The van der Waals surface area contributed by atoms with Gasteiger partial charge >= 0.3 is 6.09 Å². The number of carbonyl (C=O) groups is 1. The Hall–Kier alpha value is -1.27. The highest BCUT2D eigenvalue weighted by Gasteiger charge is 2.26. The quantitative estimate of drug-likeness (QED) is 0.791. The maximum Gasteiger partial charge on any atom is 0.410 e. The summed E-state index contributed by atoms with van der Waals surface area (Å²) in [5.41, 5.74) is 0.251. The van der Waals surface area contributed by atoms with E-state index in [0.29, 0.717) is 36.5 Å². The number of ether oxygens (including phenoxy) is 1. The Labute approximate surface area is 134 Å². The highest BCUT2D eigenvalue weighted by atomic mass is 35.5. The van der Waals surface area contributed by atoms with Crippen LogP contribution in [0.1, 0.15) is 20.8 Å². The summed E-state index contributed by atoms with van der Waals surface area (Å²) in [6, 6.07) is 1.68. The van der Waals surface area contributed by atoms with Gasteiger partial charge in [0, 0.05) is 32.2 Å². The van der Waals surface area contributed by atoms with Crippen molar-refractivity contribution in [2.75, 3.05) is 31.1 Å². The van der Waals surface area contributed by atoms with Crippen molar-refractivity contribution in [1.29, 1.82) is 0 Å². The van der Waals surface area contributed by atoms with E-state index in [9.17, 15) is 4.79 Å². The van der Waals surface area contributed by atoms with E-state index in [1.165, 1.54) is 0 Å². The topological polar surface area (TPSA) is 58.6 Å². The van der Waals surface area contributed by atoms with Crippen LogP contribution in [0.2, 0.25) is 10.3 Å². The van der Waals surface area contributed by atoms with Crippen molar-refractivity contribution < 1.29 is 9.53 Å². The summed E-state index contributed by atoms with van der Waals surface area (Å²) in [5, 5.41) is 8.09. The first-order valence-corrected chi connectivity index (χ1v) is 7.43. The van der Waals surface area contributed by atoms with Crippen LogP contribution in [-0.4, -0.2) is 53.0 Å². The van der Waals surface area contributed by atoms with E-state index in [-0.39, 0.29) is 6.09 Å². The fraction of sp³-hybridized carbons (Fsp3) is 0.615. The van der Waals surface area contributed by atoms with Gasteiger partial charge in [0.1, 0.15) is 5.60 Å². The Morgan fingerprint density at radius 1 is 1.19 bits per heavy atom. The van der Waals surface area contributed by atoms with Crippen LogP contribution in [0.4, 0.5) is 10.5 Å². The van der Waals surface area contributed by atoms with Crippen molar-refractivity contribution >= 4 is 35.0 Å². The molecule has 2 rings (SSSR count). The van der Waals surface area contributed by atoms with Crippen molar-refractivity contribution in [2.24, 2.45) is 0 Å². The lowest BCUT2D eigenvalue weighted by Gasteiger charge is -2.36.